The van der Waals surface area contributed by atoms with Gasteiger partial charge < -0.3 is 24.0 Å². The third-order valence-corrected chi connectivity index (χ3v) is 16.4. The average Bonchev–Trinajstić information content (AvgIpc) is 3.36. The number of methoxy groups -OCH3 is 1. The van der Waals surface area contributed by atoms with Gasteiger partial charge in [-0.15, -0.1) is 0 Å². The molecule has 3 aromatic rings. The van der Waals surface area contributed by atoms with Gasteiger partial charge in [0.25, 0.3) is 5.91 Å². The van der Waals surface area contributed by atoms with E-state index in [-0.39, 0.29) is 34.2 Å². The van der Waals surface area contributed by atoms with E-state index in [1.807, 2.05) is 23.1 Å². The molecule has 2 unspecified atom stereocenters. The average molecular weight is 769 g/mol. The second-order valence-corrected chi connectivity index (χ2v) is 19.9. The molecule has 4 atom stereocenters. The van der Waals surface area contributed by atoms with Gasteiger partial charge in [-0.25, -0.2) is 9.52 Å². The van der Waals surface area contributed by atoms with E-state index < -0.39 is 21.5 Å². The Bertz CT molecular complexity index is 2240. The minimum absolute atomic E-state index is 0.0114. The number of carbonyl (C=O) groups is 3. The number of aromatic nitrogens is 1. The maximum absolute atomic E-state index is 15.4. The topological polar surface area (TPSA) is 124 Å². The Morgan fingerprint density at radius 1 is 0.836 bits per heavy atom. The third-order valence-electron chi connectivity index (χ3n) is 15.0. The Hall–Kier alpha value is -4.10. The monoisotopic (exact) mass is 768 g/mol. The summed E-state index contributed by atoms with van der Waals surface area (Å²) in [5, 5.41) is 1.06. The summed E-state index contributed by atoms with van der Waals surface area (Å²) in [7, 11) is 0.467. The van der Waals surface area contributed by atoms with E-state index in [4.69, 9.17) is 4.74 Å². The summed E-state index contributed by atoms with van der Waals surface area (Å²) in [5.41, 5.74) is 5.00. The normalized spacial score (nSPS) is 29.6. The van der Waals surface area contributed by atoms with E-state index in [1.54, 1.807) is 13.2 Å². The number of hydrogen-bond donors (Lipinski definition) is 1. The third kappa shape index (κ3) is 5.10. The highest BCUT2D eigenvalue weighted by atomic mass is 32.2. The number of urea groups is 1. The van der Waals surface area contributed by atoms with E-state index in [0.717, 1.165) is 122 Å². The largest absolute Gasteiger partial charge is 0.497 e. The van der Waals surface area contributed by atoms with E-state index in [0.29, 0.717) is 25.6 Å². The SMILES string of the molecule is COc1ccc2c(c1)[C@@H]1C[C@]1(C(=O)N1CC34CCC3(CN(C(=O)N3CCCC3)C4)C1)Cn1c-2c(C2CCCCC2)c2ccc(C(=O)NS(=O)(=O)N(C)C)cc21. The quantitative estimate of drug-likeness (QED) is 0.352. The molecule has 6 fully saturated rings. The van der Waals surface area contributed by atoms with Crippen molar-refractivity contribution in [3.8, 4) is 17.0 Å². The first-order chi connectivity index (χ1) is 26.4. The Labute approximate surface area is 323 Å². The van der Waals surface area contributed by atoms with Crippen molar-refractivity contribution in [2.45, 2.75) is 82.6 Å². The smallest absolute Gasteiger partial charge is 0.320 e. The highest BCUT2D eigenvalue weighted by molar-refractivity contribution is 7.87. The summed E-state index contributed by atoms with van der Waals surface area (Å²) >= 11 is 0. The van der Waals surface area contributed by atoms with Crippen LogP contribution in [0.4, 0.5) is 4.79 Å². The molecule has 4 aliphatic heterocycles. The highest BCUT2D eigenvalue weighted by Gasteiger charge is 2.72. The maximum atomic E-state index is 15.4. The van der Waals surface area contributed by atoms with Gasteiger partial charge in [-0.2, -0.15) is 12.7 Å². The van der Waals surface area contributed by atoms with Crippen molar-refractivity contribution in [1.29, 1.82) is 0 Å². The Balaban J connectivity index is 1.06. The molecule has 292 valence electrons. The van der Waals surface area contributed by atoms with Gasteiger partial charge in [-0.05, 0) is 92.3 Å². The molecular weight excluding hydrogens is 717 g/mol. The zero-order valence-corrected chi connectivity index (χ0v) is 33.0. The van der Waals surface area contributed by atoms with E-state index >= 15 is 4.79 Å². The molecule has 13 heteroatoms. The highest BCUT2D eigenvalue weighted by Crippen LogP contribution is 2.70. The molecule has 1 N–H and O–H groups in total. The number of fused-ring (bicyclic) bond motifs is 7. The van der Waals surface area contributed by atoms with Crippen LogP contribution in [0.2, 0.25) is 0 Å². The Kier molecular flexibility index (Phi) is 7.83. The van der Waals surface area contributed by atoms with Crippen LogP contribution >= 0.6 is 0 Å². The molecule has 4 amide bonds. The van der Waals surface area contributed by atoms with Crippen molar-refractivity contribution in [3.63, 3.8) is 0 Å². The van der Waals surface area contributed by atoms with Gasteiger partial charge in [0.1, 0.15) is 5.75 Å². The standard InChI is InChI=1S/C42H52N6O6S/c1-44(2)55(52,53)43-37(49)28-11-13-31-34(19-28)48-26-42(21-33(42)32-20-29(54-3)12-14-30(32)36(48)35(31)27-9-5-4-6-10-27)38(50)46-22-40-15-16-41(40,23-46)25-47(24-40)39(51)45-17-7-8-18-45/h11-14,19-20,27,33H,4-10,15-18,21-26H2,1-3H3,(H,43,49)/t33-,40?,41?,42-/m0/s1. The number of nitrogens with zero attached hydrogens (tertiary/aromatic N) is 5. The zero-order chi connectivity index (χ0) is 38.1. The molecule has 7 aliphatic rings. The lowest BCUT2D eigenvalue weighted by Crippen LogP contribution is -2.49. The predicted octanol–water partition coefficient (Wildman–Crippen LogP) is 5.53. The van der Waals surface area contributed by atoms with Crippen molar-refractivity contribution in [1.82, 2.24) is 28.3 Å². The van der Waals surface area contributed by atoms with Gasteiger partial charge in [-0.1, -0.05) is 25.3 Å². The summed E-state index contributed by atoms with van der Waals surface area (Å²) in [5.74, 6) is 0.617. The van der Waals surface area contributed by atoms with Crippen LogP contribution in [-0.2, 0) is 21.5 Å². The second-order valence-electron chi connectivity index (χ2n) is 18.1. The molecule has 5 heterocycles. The van der Waals surface area contributed by atoms with Crippen LogP contribution < -0.4 is 9.46 Å². The summed E-state index contributed by atoms with van der Waals surface area (Å²) in [6.45, 7) is 5.00. The minimum Gasteiger partial charge on any atom is -0.497 e. The van der Waals surface area contributed by atoms with Gasteiger partial charge in [0, 0.05) is 98.7 Å². The number of benzene rings is 2. The summed E-state index contributed by atoms with van der Waals surface area (Å²) in [6.07, 6.45) is 10.6. The molecule has 55 heavy (non-hydrogen) atoms. The summed E-state index contributed by atoms with van der Waals surface area (Å²) in [4.78, 5) is 48.7. The van der Waals surface area contributed by atoms with Crippen LogP contribution in [0, 0.1) is 16.2 Å². The fourth-order valence-corrected chi connectivity index (χ4v) is 12.4. The van der Waals surface area contributed by atoms with E-state index in [9.17, 15) is 18.0 Å². The predicted molar refractivity (Wildman–Crippen MR) is 208 cm³/mol. The van der Waals surface area contributed by atoms with Gasteiger partial charge >= 0.3 is 16.2 Å². The number of nitrogens with one attached hydrogen (secondary N) is 1. The van der Waals surface area contributed by atoms with Crippen LogP contribution in [0.5, 0.6) is 5.75 Å². The van der Waals surface area contributed by atoms with Crippen molar-refractivity contribution in [3.05, 3.63) is 53.1 Å². The molecule has 3 saturated carbocycles. The molecule has 0 spiro atoms. The maximum Gasteiger partial charge on any atom is 0.320 e. The second kappa shape index (κ2) is 12.2. The zero-order valence-electron chi connectivity index (χ0n) is 32.2. The number of carbonyl (C=O) groups excluding carboxylic acids is 3. The van der Waals surface area contributed by atoms with Crippen molar-refractivity contribution < 1.29 is 27.5 Å². The number of rotatable bonds is 6. The van der Waals surface area contributed by atoms with Gasteiger partial charge in [0.15, 0.2) is 0 Å². The summed E-state index contributed by atoms with van der Waals surface area (Å²) < 4.78 is 36.7. The molecule has 0 bridgehead atoms. The Morgan fingerprint density at radius 3 is 2.18 bits per heavy atom. The lowest BCUT2D eigenvalue weighted by molar-refractivity contribution is -0.137. The van der Waals surface area contributed by atoms with Crippen LogP contribution in [0.25, 0.3) is 22.2 Å². The lowest BCUT2D eigenvalue weighted by Gasteiger charge is -2.48. The fourth-order valence-electron chi connectivity index (χ4n) is 11.9. The van der Waals surface area contributed by atoms with Gasteiger partial charge in [-0.3, -0.25) is 9.59 Å². The van der Waals surface area contributed by atoms with Gasteiger partial charge in [0.2, 0.25) is 5.91 Å². The van der Waals surface area contributed by atoms with Gasteiger partial charge in [0.05, 0.1) is 18.2 Å². The summed E-state index contributed by atoms with van der Waals surface area (Å²) in [6, 6.07) is 12.0. The van der Waals surface area contributed by atoms with E-state index in [1.165, 1.54) is 26.1 Å². The van der Waals surface area contributed by atoms with E-state index in [2.05, 4.69) is 31.2 Å². The molecule has 1 aromatic heterocycles. The van der Waals surface area contributed by atoms with Crippen LogP contribution in [0.1, 0.15) is 97.5 Å². The first-order valence-corrected chi connectivity index (χ1v) is 21.8. The molecule has 0 radical (unpaired) electrons. The fraction of sp³-hybridized carbons (Fsp3) is 0.595. The first-order valence-electron chi connectivity index (χ1n) is 20.3. The Morgan fingerprint density at radius 2 is 1.53 bits per heavy atom. The number of hydrogen-bond acceptors (Lipinski definition) is 6. The minimum atomic E-state index is -4.00. The molecule has 10 rings (SSSR count). The van der Waals surface area contributed by atoms with Crippen molar-refractivity contribution in [2.24, 2.45) is 16.2 Å². The molecular formula is C42H52N6O6S. The number of likely N-dealkylation sites (tertiary alicyclic amines) is 3. The van der Waals surface area contributed by atoms with Crippen LogP contribution in [0.15, 0.2) is 36.4 Å². The molecule has 12 nitrogen and oxygen atoms in total. The van der Waals surface area contributed by atoms with Crippen molar-refractivity contribution >= 4 is 39.0 Å². The molecule has 3 aliphatic carbocycles. The first kappa shape index (κ1) is 35.3. The van der Waals surface area contributed by atoms with Crippen molar-refractivity contribution in [2.75, 3.05) is 60.5 Å². The van der Waals surface area contributed by atoms with Crippen LogP contribution in [0.3, 0.4) is 0 Å². The molecule has 2 aromatic carbocycles. The number of amides is 4. The lowest BCUT2D eigenvalue weighted by atomic mass is 9.53. The molecule has 3 saturated heterocycles. The number of ether oxygens (including phenoxy) is 1. The van der Waals surface area contributed by atoms with Crippen LogP contribution in [-0.4, -0.2) is 110 Å².